The highest BCUT2D eigenvalue weighted by Crippen LogP contribution is 2.24. The van der Waals surface area contributed by atoms with E-state index < -0.39 is 5.91 Å². The first-order chi connectivity index (χ1) is 15.8. The number of benzene rings is 2. The predicted octanol–water partition coefficient (Wildman–Crippen LogP) is 5.64. The number of ether oxygens (including phenoxy) is 1. The number of carbonyl (C=O) groups is 1. The Morgan fingerprint density at radius 2 is 1.94 bits per heavy atom. The molecule has 33 heavy (non-hydrogen) atoms. The van der Waals surface area contributed by atoms with Crippen molar-refractivity contribution in [3.63, 3.8) is 0 Å². The van der Waals surface area contributed by atoms with Crippen molar-refractivity contribution in [1.29, 1.82) is 0 Å². The van der Waals surface area contributed by atoms with E-state index >= 15 is 0 Å². The summed E-state index contributed by atoms with van der Waals surface area (Å²) in [6.07, 6.45) is 1.68. The molecule has 0 saturated carbocycles. The maximum Gasteiger partial charge on any atom is 0.279 e. The molecule has 1 N–H and O–H groups in total. The van der Waals surface area contributed by atoms with Crippen LogP contribution in [0.4, 0.5) is 5.82 Å². The molecule has 170 valence electrons. The van der Waals surface area contributed by atoms with Crippen LogP contribution in [0, 0.1) is 27.7 Å². The summed E-state index contributed by atoms with van der Waals surface area (Å²) in [6, 6.07) is 14.0. The molecule has 0 aliphatic heterocycles. The van der Waals surface area contributed by atoms with Crippen molar-refractivity contribution in [3.05, 3.63) is 93.0 Å². The number of nitrogens with zero attached hydrogens (tertiary/aromatic N) is 3. The monoisotopic (exact) mass is 464 g/mol. The first-order valence-corrected chi connectivity index (χ1v) is 10.9. The van der Waals surface area contributed by atoms with Gasteiger partial charge >= 0.3 is 0 Å². The van der Waals surface area contributed by atoms with Gasteiger partial charge in [-0.15, -0.1) is 0 Å². The van der Waals surface area contributed by atoms with Gasteiger partial charge in [-0.3, -0.25) is 9.48 Å². The van der Waals surface area contributed by atoms with E-state index in [4.69, 9.17) is 20.9 Å². The van der Waals surface area contributed by atoms with Gasteiger partial charge in [0.1, 0.15) is 23.1 Å². The van der Waals surface area contributed by atoms with Crippen molar-refractivity contribution in [1.82, 2.24) is 14.9 Å². The third-order valence-electron chi connectivity index (χ3n) is 5.44. The number of carbonyl (C=O) groups excluding carboxylic acids is 1. The molecule has 1 amide bonds. The number of anilines is 1. The molecule has 0 bridgehead atoms. The normalized spacial score (nSPS) is 10.9. The molecule has 0 aliphatic carbocycles. The highest BCUT2D eigenvalue weighted by atomic mass is 35.5. The third kappa shape index (κ3) is 5.26. The second kappa shape index (κ2) is 9.50. The Morgan fingerprint density at radius 3 is 2.70 bits per heavy atom. The van der Waals surface area contributed by atoms with Gasteiger partial charge in [0.2, 0.25) is 0 Å². The summed E-state index contributed by atoms with van der Waals surface area (Å²) in [5.74, 6) is 1.02. The summed E-state index contributed by atoms with van der Waals surface area (Å²) in [5.41, 5.74) is 5.27. The zero-order chi connectivity index (χ0) is 23.5. The van der Waals surface area contributed by atoms with E-state index in [1.165, 1.54) is 5.56 Å². The summed E-state index contributed by atoms with van der Waals surface area (Å²) < 4.78 is 12.8. The van der Waals surface area contributed by atoms with Crippen LogP contribution in [-0.4, -0.2) is 20.8 Å². The van der Waals surface area contributed by atoms with Gasteiger partial charge in [-0.1, -0.05) is 52.7 Å². The van der Waals surface area contributed by atoms with Gasteiger partial charge in [-0.25, -0.2) is 0 Å². The number of aromatic nitrogens is 3. The fourth-order valence-corrected chi connectivity index (χ4v) is 3.62. The van der Waals surface area contributed by atoms with E-state index in [1.807, 2.05) is 57.2 Å². The van der Waals surface area contributed by atoms with Crippen LogP contribution in [0.5, 0.6) is 5.75 Å². The van der Waals surface area contributed by atoms with Crippen molar-refractivity contribution in [2.24, 2.45) is 0 Å². The van der Waals surface area contributed by atoms with E-state index in [2.05, 4.69) is 21.6 Å². The van der Waals surface area contributed by atoms with Gasteiger partial charge in [-0.2, -0.15) is 5.10 Å². The van der Waals surface area contributed by atoms with Gasteiger partial charge in [-0.05, 0) is 56.5 Å². The smallest absolute Gasteiger partial charge is 0.279 e. The number of rotatable bonds is 7. The molecule has 4 aromatic rings. The van der Waals surface area contributed by atoms with Gasteiger partial charge in [0.15, 0.2) is 11.5 Å². The van der Waals surface area contributed by atoms with Crippen LogP contribution in [0.25, 0.3) is 0 Å². The molecule has 0 spiro atoms. The first-order valence-electron chi connectivity index (χ1n) is 10.5. The zero-order valence-electron chi connectivity index (χ0n) is 19.0. The number of nitrogens with one attached hydrogen (secondary N) is 1. The lowest BCUT2D eigenvalue weighted by Crippen LogP contribution is -2.16. The number of hydrogen-bond acceptors (Lipinski definition) is 5. The summed E-state index contributed by atoms with van der Waals surface area (Å²) in [5, 5.41) is 11.4. The van der Waals surface area contributed by atoms with Gasteiger partial charge < -0.3 is 14.6 Å². The Hall–Kier alpha value is -3.58. The minimum absolute atomic E-state index is 0.139. The van der Waals surface area contributed by atoms with E-state index in [0.29, 0.717) is 28.6 Å². The molecule has 4 rings (SSSR count). The minimum Gasteiger partial charge on any atom is -0.489 e. The molecular formula is C25H25ClN4O3. The lowest BCUT2D eigenvalue weighted by molar-refractivity contribution is 0.101. The van der Waals surface area contributed by atoms with Crippen LogP contribution >= 0.6 is 11.6 Å². The van der Waals surface area contributed by atoms with Crippen LogP contribution in [0.3, 0.4) is 0 Å². The molecule has 8 heteroatoms. The van der Waals surface area contributed by atoms with Crippen LogP contribution in [0.15, 0.2) is 53.2 Å². The molecule has 7 nitrogen and oxygen atoms in total. The largest absolute Gasteiger partial charge is 0.489 e. The number of halogens is 1. The average Bonchev–Trinajstić information content (AvgIpc) is 3.30. The van der Waals surface area contributed by atoms with E-state index in [-0.39, 0.29) is 18.1 Å². The second-order valence-corrected chi connectivity index (χ2v) is 8.47. The molecule has 0 atom stereocenters. The fraction of sp³-hybridized carbons (Fsp3) is 0.240. The van der Waals surface area contributed by atoms with Crippen molar-refractivity contribution in [2.75, 3.05) is 5.32 Å². The Bertz CT molecular complexity index is 1310. The standard InChI is InChI=1S/C25H25ClN4O3/c1-15-6-5-7-19(10-15)12-30-13-22(26)24(28-30)27-25(31)23-21(18(4)33-29-23)14-32-20-9-8-16(2)17(3)11-20/h5-11,13H,12,14H2,1-4H3,(H,27,28,31). The zero-order valence-corrected chi connectivity index (χ0v) is 19.7. The molecule has 0 saturated heterocycles. The molecule has 0 radical (unpaired) electrons. The van der Waals surface area contributed by atoms with Crippen LogP contribution in [0.2, 0.25) is 5.02 Å². The third-order valence-corrected chi connectivity index (χ3v) is 5.71. The van der Waals surface area contributed by atoms with Gasteiger partial charge in [0, 0.05) is 6.20 Å². The van der Waals surface area contributed by atoms with Crippen molar-refractivity contribution < 1.29 is 14.1 Å². The fourth-order valence-electron chi connectivity index (χ4n) is 3.43. The van der Waals surface area contributed by atoms with Crippen LogP contribution in [0.1, 0.15) is 44.1 Å². The topological polar surface area (TPSA) is 82.2 Å². The summed E-state index contributed by atoms with van der Waals surface area (Å²) in [7, 11) is 0. The lowest BCUT2D eigenvalue weighted by atomic mass is 10.1. The van der Waals surface area contributed by atoms with Crippen molar-refractivity contribution in [3.8, 4) is 5.75 Å². The quantitative estimate of drug-likeness (QED) is 0.383. The van der Waals surface area contributed by atoms with Crippen LogP contribution in [-0.2, 0) is 13.2 Å². The summed E-state index contributed by atoms with van der Waals surface area (Å²) >= 11 is 6.32. The van der Waals surface area contributed by atoms with Gasteiger partial charge in [0.25, 0.3) is 5.91 Å². The van der Waals surface area contributed by atoms with Gasteiger partial charge in [0.05, 0.1) is 12.1 Å². The number of hydrogen-bond donors (Lipinski definition) is 1. The Morgan fingerprint density at radius 1 is 1.12 bits per heavy atom. The second-order valence-electron chi connectivity index (χ2n) is 8.07. The van der Waals surface area contributed by atoms with E-state index in [1.54, 1.807) is 17.8 Å². The summed E-state index contributed by atoms with van der Waals surface area (Å²) in [6.45, 7) is 8.52. The summed E-state index contributed by atoms with van der Waals surface area (Å²) in [4.78, 5) is 12.9. The highest BCUT2D eigenvalue weighted by molar-refractivity contribution is 6.33. The molecule has 2 aromatic carbocycles. The Balaban J connectivity index is 1.47. The predicted molar refractivity (Wildman–Crippen MR) is 127 cm³/mol. The first kappa shape index (κ1) is 22.6. The van der Waals surface area contributed by atoms with Crippen molar-refractivity contribution in [2.45, 2.75) is 40.8 Å². The molecule has 0 fully saturated rings. The number of aryl methyl sites for hydroxylation is 4. The maximum absolute atomic E-state index is 12.9. The number of amides is 1. The van der Waals surface area contributed by atoms with E-state index in [9.17, 15) is 4.79 Å². The molecular weight excluding hydrogens is 440 g/mol. The molecule has 0 unspecified atom stereocenters. The molecule has 2 aromatic heterocycles. The molecule has 2 heterocycles. The Labute approximate surface area is 197 Å². The SMILES string of the molecule is Cc1cccc(Cn2cc(Cl)c(NC(=O)c3noc(C)c3COc3ccc(C)c(C)c3)n2)c1. The average molecular weight is 465 g/mol. The van der Waals surface area contributed by atoms with Crippen molar-refractivity contribution >= 4 is 23.3 Å². The van der Waals surface area contributed by atoms with E-state index in [0.717, 1.165) is 16.7 Å². The molecule has 0 aliphatic rings. The minimum atomic E-state index is -0.465. The maximum atomic E-state index is 12.9. The lowest BCUT2D eigenvalue weighted by Gasteiger charge is -2.09. The van der Waals surface area contributed by atoms with Crippen LogP contribution < -0.4 is 10.1 Å². The Kier molecular flexibility index (Phi) is 6.51. The highest BCUT2D eigenvalue weighted by Gasteiger charge is 2.22.